The fraction of sp³-hybridized carbons (Fsp3) is 0.333. The summed E-state index contributed by atoms with van der Waals surface area (Å²) in [5.41, 5.74) is 1.31. The van der Waals surface area contributed by atoms with Crippen LogP contribution in [-0.2, 0) is 11.2 Å². The van der Waals surface area contributed by atoms with Gasteiger partial charge in [-0.3, -0.25) is 9.59 Å². The van der Waals surface area contributed by atoms with E-state index in [2.05, 4.69) is 10.3 Å². The summed E-state index contributed by atoms with van der Waals surface area (Å²) < 4.78 is 5.17. The largest absolute Gasteiger partial charge is 0.497 e. The van der Waals surface area contributed by atoms with Crippen LogP contribution in [0.25, 0.3) is 10.9 Å². The van der Waals surface area contributed by atoms with Crippen LogP contribution in [0.3, 0.4) is 0 Å². The van der Waals surface area contributed by atoms with E-state index in [0.29, 0.717) is 24.9 Å². The number of aromatic nitrogens is 1. The van der Waals surface area contributed by atoms with Gasteiger partial charge in [-0.15, -0.1) is 0 Å². The van der Waals surface area contributed by atoms with Crippen LogP contribution in [0, 0.1) is 0 Å². The molecule has 0 bridgehead atoms. The summed E-state index contributed by atoms with van der Waals surface area (Å²) in [6.45, 7) is 2.26. The summed E-state index contributed by atoms with van der Waals surface area (Å²) in [5.74, 6) is 0.735. The van der Waals surface area contributed by atoms with Gasteiger partial charge in [0.15, 0.2) is 0 Å². The first-order valence-corrected chi connectivity index (χ1v) is 6.60. The lowest BCUT2D eigenvalue weighted by atomic mass is 10.1. The Morgan fingerprint density at radius 3 is 2.85 bits per heavy atom. The number of benzene rings is 1. The van der Waals surface area contributed by atoms with E-state index in [9.17, 15) is 9.59 Å². The SMILES string of the molecule is CCC(=O)NCCc1cc2cc(OC)ccc2[nH]c1=O. The van der Waals surface area contributed by atoms with E-state index in [4.69, 9.17) is 4.74 Å². The van der Waals surface area contributed by atoms with Gasteiger partial charge in [0.05, 0.1) is 7.11 Å². The molecule has 1 heterocycles. The fourth-order valence-corrected chi connectivity index (χ4v) is 2.00. The molecule has 0 spiro atoms. The minimum atomic E-state index is -0.117. The normalized spacial score (nSPS) is 10.5. The van der Waals surface area contributed by atoms with Gasteiger partial charge in [0.2, 0.25) is 5.91 Å². The molecule has 0 saturated heterocycles. The van der Waals surface area contributed by atoms with Gasteiger partial charge < -0.3 is 15.0 Å². The van der Waals surface area contributed by atoms with E-state index in [1.54, 1.807) is 20.1 Å². The Morgan fingerprint density at radius 2 is 2.15 bits per heavy atom. The van der Waals surface area contributed by atoms with Crippen LogP contribution in [0.2, 0.25) is 0 Å². The molecule has 0 fully saturated rings. The summed E-state index contributed by atoms with van der Waals surface area (Å²) in [6.07, 6.45) is 0.958. The summed E-state index contributed by atoms with van der Waals surface area (Å²) in [4.78, 5) is 25.9. The molecule has 5 heteroatoms. The highest BCUT2D eigenvalue weighted by Crippen LogP contribution is 2.18. The van der Waals surface area contributed by atoms with E-state index < -0.39 is 0 Å². The molecular weight excluding hydrogens is 256 g/mol. The molecule has 106 valence electrons. The first-order chi connectivity index (χ1) is 9.63. The first kappa shape index (κ1) is 14.1. The number of amides is 1. The summed E-state index contributed by atoms with van der Waals surface area (Å²) >= 11 is 0. The zero-order valence-electron chi connectivity index (χ0n) is 11.7. The number of aromatic amines is 1. The van der Waals surface area contributed by atoms with Crippen molar-refractivity contribution in [2.45, 2.75) is 19.8 Å². The number of carbonyl (C=O) groups is 1. The quantitative estimate of drug-likeness (QED) is 0.870. The van der Waals surface area contributed by atoms with Crippen molar-refractivity contribution in [2.75, 3.05) is 13.7 Å². The van der Waals surface area contributed by atoms with Crippen molar-refractivity contribution < 1.29 is 9.53 Å². The van der Waals surface area contributed by atoms with Crippen LogP contribution in [0.15, 0.2) is 29.1 Å². The van der Waals surface area contributed by atoms with Gasteiger partial charge in [0.25, 0.3) is 5.56 Å². The number of ether oxygens (including phenoxy) is 1. The third-order valence-electron chi connectivity index (χ3n) is 3.17. The Kier molecular flexibility index (Phi) is 4.40. The van der Waals surface area contributed by atoms with Gasteiger partial charge >= 0.3 is 0 Å². The Morgan fingerprint density at radius 1 is 1.35 bits per heavy atom. The van der Waals surface area contributed by atoms with Crippen LogP contribution in [0.4, 0.5) is 0 Å². The van der Waals surface area contributed by atoms with E-state index >= 15 is 0 Å². The lowest BCUT2D eigenvalue weighted by Crippen LogP contribution is -2.26. The maximum Gasteiger partial charge on any atom is 0.251 e. The second kappa shape index (κ2) is 6.23. The number of hydrogen-bond acceptors (Lipinski definition) is 3. The highest BCUT2D eigenvalue weighted by atomic mass is 16.5. The van der Waals surface area contributed by atoms with E-state index in [-0.39, 0.29) is 11.5 Å². The number of nitrogens with one attached hydrogen (secondary N) is 2. The van der Waals surface area contributed by atoms with Crippen molar-refractivity contribution in [1.82, 2.24) is 10.3 Å². The lowest BCUT2D eigenvalue weighted by molar-refractivity contribution is -0.120. The summed E-state index contributed by atoms with van der Waals surface area (Å²) in [7, 11) is 1.61. The summed E-state index contributed by atoms with van der Waals surface area (Å²) in [5, 5.41) is 3.68. The van der Waals surface area contributed by atoms with Gasteiger partial charge in [0, 0.05) is 29.4 Å². The van der Waals surface area contributed by atoms with Crippen LogP contribution >= 0.6 is 0 Å². The maximum absolute atomic E-state index is 11.9. The predicted octanol–water partition coefficient (Wildman–Crippen LogP) is 1.61. The van der Waals surface area contributed by atoms with Gasteiger partial charge in [0.1, 0.15) is 5.75 Å². The molecule has 2 rings (SSSR count). The smallest absolute Gasteiger partial charge is 0.251 e. The third kappa shape index (κ3) is 3.17. The van der Waals surface area contributed by atoms with E-state index in [1.165, 1.54) is 0 Å². The molecule has 5 nitrogen and oxygen atoms in total. The minimum absolute atomic E-state index is 0.0103. The number of hydrogen-bond donors (Lipinski definition) is 2. The molecule has 0 radical (unpaired) electrons. The van der Waals surface area contributed by atoms with Crippen molar-refractivity contribution in [3.63, 3.8) is 0 Å². The zero-order valence-corrected chi connectivity index (χ0v) is 11.7. The second-order valence-electron chi connectivity index (χ2n) is 4.53. The van der Waals surface area contributed by atoms with E-state index in [1.807, 2.05) is 18.2 Å². The molecule has 2 N–H and O–H groups in total. The van der Waals surface area contributed by atoms with Crippen LogP contribution in [-0.4, -0.2) is 24.5 Å². The standard InChI is InChI=1S/C15H18N2O3/c1-3-14(18)16-7-6-10-8-11-9-12(20-2)4-5-13(11)17-15(10)19/h4-5,8-9H,3,6-7H2,1-2H3,(H,16,18)(H,17,19). The van der Waals surface area contributed by atoms with E-state index in [0.717, 1.165) is 16.7 Å². The number of methoxy groups -OCH3 is 1. The number of fused-ring (bicyclic) bond motifs is 1. The fourth-order valence-electron chi connectivity index (χ4n) is 2.00. The average molecular weight is 274 g/mol. The van der Waals surface area contributed by atoms with Crippen LogP contribution < -0.4 is 15.6 Å². The third-order valence-corrected chi connectivity index (χ3v) is 3.17. The van der Waals surface area contributed by atoms with Crippen molar-refractivity contribution in [1.29, 1.82) is 0 Å². The molecule has 0 atom stereocenters. The monoisotopic (exact) mass is 274 g/mol. The van der Waals surface area contributed by atoms with Crippen molar-refractivity contribution in [2.24, 2.45) is 0 Å². The Hall–Kier alpha value is -2.30. The van der Waals surface area contributed by atoms with Crippen LogP contribution in [0.1, 0.15) is 18.9 Å². The Labute approximate surface area is 117 Å². The second-order valence-corrected chi connectivity index (χ2v) is 4.53. The topological polar surface area (TPSA) is 71.2 Å². The average Bonchev–Trinajstić information content (AvgIpc) is 2.47. The van der Waals surface area contributed by atoms with Gasteiger partial charge in [-0.05, 0) is 30.7 Å². The Balaban J connectivity index is 2.22. The molecule has 0 saturated carbocycles. The molecule has 0 aliphatic heterocycles. The molecule has 0 aliphatic carbocycles. The lowest BCUT2D eigenvalue weighted by Gasteiger charge is -2.06. The highest BCUT2D eigenvalue weighted by Gasteiger charge is 2.05. The molecular formula is C15H18N2O3. The molecule has 1 aromatic heterocycles. The van der Waals surface area contributed by atoms with Crippen molar-refractivity contribution in [3.05, 3.63) is 40.2 Å². The number of pyridine rings is 1. The minimum Gasteiger partial charge on any atom is -0.497 e. The molecule has 20 heavy (non-hydrogen) atoms. The number of H-pyrrole nitrogens is 1. The molecule has 2 aromatic rings. The predicted molar refractivity (Wildman–Crippen MR) is 78.1 cm³/mol. The van der Waals surface area contributed by atoms with Gasteiger partial charge in [-0.2, -0.15) is 0 Å². The number of carbonyl (C=O) groups excluding carboxylic acids is 1. The summed E-state index contributed by atoms with van der Waals surface area (Å²) in [6, 6.07) is 7.34. The van der Waals surface area contributed by atoms with Crippen LogP contribution in [0.5, 0.6) is 5.75 Å². The molecule has 1 aromatic carbocycles. The van der Waals surface area contributed by atoms with Crippen molar-refractivity contribution >= 4 is 16.8 Å². The molecule has 1 amide bonds. The van der Waals surface area contributed by atoms with Gasteiger partial charge in [-0.1, -0.05) is 6.92 Å². The maximum atomic E-state index is 11.9. The van der Waals surface area contributed by atoms with Gasteiger partial charge in [-0.25, -0.2) is 0 Å². The first-order valence-electron chi connectivity index (χ1n) is 6.60. The molecule has 0 aliphatic rings. The zero-order chi connectivity index (χ0) is 14.5. The van der Waals surface area contributed by atoms with Crippen molar-refractivity contribution in [3.8, 4) is 5.75 Å². The highest BCUT2D eigenvalue weighted by molar-refractivity contribution is 5.80. The number of rotatable bonds is 5. The Bertz CT molecular complexity index is 676. The molecule has 0 unspecified atom stereocenters.